The molecule has 1 saturated carbocycles. The second-order valence-electron chi connectivity index (χ2n) is 11.2. The number of carbonyl (C=O) groups excluding carboxylic acids is 1. The summed E-state index contributed by atoms with van der Waals surface area (Å²) in [6, 6.07) is 17.3. The number of alkyl halides is 3. The van der Waals surface area contributed by atoms with Crippen molar-refractivity contribution in [3.8, 4) is 5.75 Å². The van der Waals surface area contributed by atoms with E-state index in [1.54, 1.807) is 19.2 Å². The smallest absolute Gasteiger partial charge is 0.454 e. The number of quaternary nitrogens is 1. The number of benzene rings is 3. The third kappa shape index (κ3) is 10.2. The summed E-state index contributed by atoms with van der Waals surface area (Å²) in [5, 5.41) is 14.1. The summed E-state index contributed by atoms with van der Waals surface area (Å²) in [6.45, 7) is 9.77. The number of aryl methyl sites for hydroxylation is 3. The number of nitrogens with two attached hydrogens (primary N) is 1. The predicted molar refractivity (Wildman–Crippen MR) is 173 cm³/mol. The first kappa shape index (κ1) is 33.7. The monoisotopic (exact) mass is 640 g/mol. The van der Waals surface area contributed by atoms with Gasteiger partial charge in [-0.15, -0.1) is 13.2 Å². The van der Waals surface area contributed by atoms with Gasteiger partial charge >= 0.3 is 12.3 Å². The largest absolute Gasteiger partial charge is 0.573 e. The second kappa shape index (κ2) is 14.7. The van der Waals surface area contributed by atoms with Crippen LogP contribution in [0.15, 0.2) is 70.6 Å². The van der Waals surface area contributed by atoms with E-state index in [-0.39, 0.29) is 41.4 Å². The first-order chi connectivity index (χ1) is 21.3. The summed E-state index contributed by atoms with van der Waals surface area (Å²) in [6.07, 6.45) is -2.43. The molecule has 45 heavy (non-hydrogen) atoms. The summed E-state index contributed by atoms with van der Waals surface area (Å²) in [5.41, 5.74) is 6.76. The summed E-state index contributed by atoms with van der Waals surface area (Å²) < 4.78 is 46.3. The quantitative estimate of drug-likeness (QED) is 0.0728. The Balaban J connectivity index is 1.36. The van der Waals surface area contributed by atoms with Crippen LogP contribution in [0.3, 0.4) is 0 Å². The van der Waals surface area contributed by atoms with Crippen LogP contribution in [0.25, 0.3) is 0 Å². The van der Waals surface area contributed by atoms with Crippen LogP contribution >= 0.6 is 11.8 Å². The van der Waals surface area contributed by atoms with Crippen LogP contribution in [0.1, 0.15) is 54.0 Å². The van der Waals surface area contributed by atoms with Gasteiger partial charge in [-0.3, -0.25) is 20.5 Å². The SMILES string of the molecule is Cc1cc(C)c(NC(=NC2CC2c2ccc(C(=N)N=C[NH2+]c3ccc(OC(F)(F)F)cc3)cc2)SCOC(=O)C(C)C)c(C)c1. The fraction of sp³-hybridized carbons (Fsp3) is 0.333. The highest BCUT2D eigenvalue weighted by Crippen LogP contribution is 2.44. The van der Waals surface area contributed by atoms with Crippen LogP contribution in [0.2, 0.25) is 0 Å². The molecule has 2 atom stereocenters. The molecule has 0 spiro atoms. The van der Waals surface area contributed by atoms with Crippen molar-refractivity contribution in [3.05, 3.63) is 88.5 Å². The molecule has 0 saturated heterocycles. The molecule has 1 fully saturated rings. The Morgan fingerprint density at radius 3 is 2.33 bits per heavy atom. The Kier molecular flexibility index (Phi) is 11.1. The van der Waals surface area contributed by atoms with Crippen molar-refractivity contribution < 1.29 is 32.8 Å². The van der Waals surface area contributed by atoms with Gasteiger partial charge in [-0.25, -0.2) is 0 Å². The van der Waals surface area contributed by atoms with E-state index in [1.165, 1.54) is 47.9 Å². The number of nitrogens with one attached hydrogen (secondary N) is 2. The standard InChI is InChI=1S/C33H36F3N5O3S/c1-19(2)31(42)43-18-45-32(41-29-21(4)14-20(3)15-22(29)5)40-28-16-27(28)23-6-8-24(9-7-23)30(37)39-17-38-25-10-12-26(13-11-25)44-33(34,35)36/h6-15,17,19,27-28H,16,18H2,1-5H3,(H,40,41)(H2,37,38,39)/p+1. The van der Waals surface area contributed by atoms with E-state index in [0.29, 0.717) is 16.4 Å². The van der Waals surface area contributed by atoms with Gasteiger partial charge in [0, 0.05) is 29.3 Å². The number of esters is 1. The van der Waals surface area contributed by atoms with Crippen molar-refractivity contribution in [2.24, 2.45) is 15.9 Å². The van der Waals surface area contributed by atoms with Crippen LogP contribution < -0.4 is 15.4 Å². The van der Waals surface area contributed by atoms with E-state index in [0.717, 1.165) is 28.8 Å². The first-order valence-corrected chi connectivity index (χ1v) is 15.4. The molecule has 12 heteroatoms. The fourth-order valence-electron chi connectivity index (χ4n) is 4.67. The average Bonchev–Trinajstić information content (AvgIpc) is 3.73. The normalized spacial score (nSPS) is 16.6. The molecule has 0 aromatic heterocycles. The molecule has 1 aliphatic carbocycles. The van der Waals surface area contributed by atoms with Crippen molar-refractivity contribution in [2.45, 2.75) is 59.4 Å². The summed E-state index contributed by atoms with van der Waals surface area (Å²) in [5.74, 6) is -0.313. The van der Waals surface area contributed by atoms with Crippen molar-refractivity contribution in [1.82, 2.24) is 0 Å². The zero-order chi connectivity index (χ0) is 32.7. The average molecular weight is 641 g/mol. The van der Waals surface area contributed by atoms with Gasteiger partial charge in [0.25, 0.3) is 0 Å². The minimum atomic E-state index is -4.74. The van der Waals surface area contributed by atoms with Crippen molar-refractivity contribution in [2.75, 3.05) is 11.3 Å². The third-order valence-electron chi connectivity index (χ3n) is 7.01. The van der Waals surface area contributed by atoms with Gasteiger partial charge in [-0.2, -0.15) is 4.99 Å². The van der Waals surface area contributed by atoms with Gasteiger partial charge in [-0.1, -0.05) is 55.8 Å². The molecule has 4 N–H and O–H groups in total. The molecule has 238 valence electrons. The molecule has 0 amide bonds. The minimum absolute atomic E-state index is 0.0582. The topological polar surface area (TPSA) is 113 Å². The number of hydrogen-bond donors (Lipinski definition) is 3. The zero-order valence-electron chi connectivity index (χ0n) is 25.7. The highest BCUT2D eigenvalue weighted by Gasteiger charge is 2.39. The second-order valence-corrected chi connectivity index (χ2v) is 12.1. The molecule has 2 unspecified atom stereocenters. The number of aliphatic imine (C=N–C) groups is 2. The van der Waals surface area contributed by atoms with E-state index in [4.69, 9.17) is 15.1 Å². The van der Waals surface area contributed by atoms with E-state index in [2.05, 4.69) is 48.0 Å². The van der Waals surface area contributed by atoms with Crippen LogP contribution in [0.5, 0.6) is 5.75 Å². The fourth-order valence-corrected chi connectivity index (χ4v) is 5.34. The maximum atomic E-state index is 12.3. The Morgan fingerprint density at radius 1 is 1.09 bits per heavy atom. The maximum Gasteiger partial charge on any atom is 0.573 e. The molecule has 3 aromatic carbocycles. The number of amidine groups is 2. The lowest BCUT2D eigenvalue weighted by Crippen LogP contribution is -2.76. The highest BCUT2D eigenvalue weighted by molar-refractivity contribution is 8.14. The maximum absolute atomic E-state index is 12.3. The molecular weight excluding hydrogens is 603 g/mol. The highest BCUT2D eigenvalue weighted by atomic mass is 32.2. The molecule has 1 aliphatic rings. The Bertz CT molecular complexity index is 1550. The molecular formula is C33H37F3N5O3S+. The van der Waals surface area contributed by atoms with Crippen LogP contribution in [-0.2, 0) is 9.53 Å². The van der Waals surface area contributed by atoms with Gasteiger partial charge in [0.1, 0.15) is 17.4 Å². The third-order valence-corrected chi connectivity index (χ3v) is 7.73. The van der Waals surface area contributed by atoms with Gasteiger partial charge in [-0.05, 0) is 67.8 Å². The molecule has 0 aliphatic heterocycles. The summed E-state index contributed by atoms with van der Waals surface area (Å²) >= 11 is 1.36. The molecule has 0 heterocycles. The van der Waals surface area contributed by atoms with E-state index in [1.807, 2.05) is 24.3 Å². The number of thioether (sulfide) groups is 1. The molecule has 8 nitrogen and oxygen atoms in total. The van der Waals surface area contributed by atoms with Gasteiger partial charge < -0.3 is 14.8 Å². The minimum Gasteiger partial charge on any atom is -0.454 e. The number of ether oxygens (including phenoxy) is 2. The molecule has 0 bridgehead atoms. The lowest BCUT2D eigenvalue weighted by Gasteiger charge is -2.16. The Morgan fingerprint density at radius 2 is 1.73 bits per heavy atom. The van der Waals surface area contributed by atoms with Crippen molar-refractivity contribution >= 4 is 46.4 Å². The number of halogens is 3. The van der Waals surface area contributed by atoms with Crippen LogP contribution in [-0.4, -0.2) is 41.7 Å². The van der Waals surface area contributed by atoms with Gasteiger partial charge in [0.15, 0.2) is 17.3 Å². The first-order valence-electron chi connectivity index (χ1n) is 14.4. The Labute approximate surface area is 265 Å². The van der Waals surface area contributed by atoms with E-state index >= 15 is 0 Å². The molecule has 4 rings (SSSR count). The number of rotatable bonds is 10. The predicted octanol–water partition coefficient (Wildman–Crippen LogP) is 6.97. The van der Waals surface area contributed by atoms with E-state index in [9.17, 15) is 18.0 Å². The number of carbonyl (C=O) groups is 1. The summed E-state index contributed by atoms with van der Waals surface area (Å²) in [7, 11) is 0. The number of hydrogen-bond acceptors (Lipinski definition) is 6. The van der Waals surface area contributed by atoms with Gasteiger partial charge in [0.05, 0.1) is 12.0 Å². The zero-order valence-corrected chi connectivity index (χ0v) is 26.6. The molecule has 0 radical (unpaired) electrons. The number of nitrogens with zero attached hydrogens (tertiary/aromatic N) is 2. The lowest BCUT2D eigenvalue weighted by molar-refractivity contribution is -0.432. The summed E-state index contributed by atoms with van der Waals surface area (Å²) in [4.78, 5) is 21.1. The Hall–Kier alpha value is -4.16. The van der Waals surface area contributed by atoms with E-state index < -0.39 is 6.36 Å². The van der Waals surface area contributed by atoms with Gasteiger partial charge in [0.2, 0.25) is 0 Å². The van der Waals surface area contributed by atoms with Crippen molar-refractivity contribution in [1.29, 1.82) is 5.41 Å². The van der Waals surface area contributed by atoms with Crippen LogP contribution in [0.4, 0.5) is 24.5 Å². The molecule has 3 aromatic rings. The number of anilines is 1. The lowest BCUT2D eigenvalue weighted by atomic mass is 10.1. The van der Waals surface area contributed by atoms with Crippen LogP contribution in [0, 0.1) is 32.1 Å². The van der Waals surface area contributed by atoms with Crippen molar-refractivity contribution in [3.63, 3.8) is 0 Å².